The molecule has 0 amide bonds. The lowest BCUT2D eigenvalue weighted by molar-refractivity contribution is 0.0523. The van der Waals surface area contributed by atoms with Gasteiger partial charge in [0, 0.05) is 49.7 Å². The molecule has 3 atom stereocenters. The van der Waals surface area contributed by atoms with Crippen molar-refractivity contribution in [1.29, 1.82) is 0 Å². The molecule has 4 rings (SSSR count). The van der Waals surface area contributed by atoms with Gasteiger partial charge in [-0.3, -0.25) is 4.90 Å². The van der Waals surface area contributed by atoms with Gasteiger partial charge in [-0.25, -0.2) is 0 Å². The van der Waals surface area contributed by atoms with Crippen molar-refractivity contribution in [1.82, 2.24) is 15.5 Å². The van der Waals surface area contributed by atoms with Crippen LogP contribution in [0.4, 0.5) is 0 Å². The van der Waals surface area contributed by atoms with Crippen molar-refractivity contribution < 1.29 is 4.74 Å². The molecule has 1 saturated carbocycles. The second-order valence-corrected chi connectivity index (χ2v) is 8.19. The first kappa shape index (κ1) is 18.6. The van der Waals surface area contributed by atoms with E-state index in [1.807, 2.05) is 11.3 Å². The maximum Gasteiger partial charge on any atom is 0.0623 e. The number of rotatable bonds is 5. The van der Waals surface area contributed by atoms with Gasteiger partial charge in [-0.15, -0.1) is 23.7 Å². The summed E-state index contributed by atoms with van der Waals surface area (Å²) in [4.78, 5) is 4.21. The van der Waals surface area contributed by atoms with E-state index in [9.17, 15) is 0 Å². The fourth-order valence-corrected chi connectivity index (χ4v) is 5.38. The Morgan fingerprint density at radius 1 is 1.38 bits per heavy atom. The maximum atomic E-state index is 5.67. The molecule has 1 aromatic heterocycles. The van der Waals surface area contributed by atoms with Crippen molar-refractivity contribution in [3.05, 3.63) is 21.9 Å². The molecule has 3 unspecified atom stereocenters. The lowest BCUT2D eigenvalue weighted by Gasteiger charge is -2.33. The lowest BCUT2D eigenvalue weighted by Crippen LogP contribution is -2.51. The molecular weight excluding hydrogens is 342 g/mol. The summed E-state index contributed by atoms with van der Waals surface area (Å²) in [5, 5.41) is 9.77. The van der Waals surface area contributed by atoms with Crippen LogP contribution < -0.4 is 10.6 Å². The van der Waals surface area contributed by atoms with Gasteiger partial charge in [0.2, 0.25) is 0 Å². The van der Waals surface area contributed by atoms with Gasteiger partial charge in [0.1, 0.15) is 0 Å². The normalized spacial score (nSPS) is 30.8. The van der Waals surface area contributed by atoms with Crippen LogP contribution in [0.5, 0.6) is 0 Å². The monoisotopic (exact) mass is 371 g/mol. The molecule has 0 aromatic carbocycles. The number of ether oxygens (including phenoxy) is 1. The molecule has 136 valence electrons. The summed E-state index contributed by atoms with van der Waals surface area (Å²) < 4.78 is 5.67. The zero-order valence-electron chi connectivity index (χ0n) is 14.3. The molecule has 0 radical (unpaired) electrons. The summed E-state index contributed by atoms with van der Waals surface area (Å²) >= 11 is 1.93. The third-order valence-corrected chi connectivity index (χ3v) is 6.78. The zero-order valence-corrected chi connectivity index (χ0v) is 16.0. The number of morpholine rings is 1. The molecule has 1 aliphatic carbocycles. The van der Waals surface area contributed by atoms with E-state index in [-0.39, 0.29) is 12.4 Å². The van der Waals surface area contributed by atoms with Crippen molar-refractivity contribution in [3.63, 3.8) is 0 Å². The minimum absolute atomic E-state index is 0. The second-order valence-electron chi connectivity index (χ2n) is 7.19. The largest absolute Gasteiger partial charge is 0.379 e. The van der Waals surface area contributed by atoms with Crippen molar-refractivity contribution in [3.8, 4) is 0 Å². The quantitative estimate of drug-likeness (QED) is 0.832. The first-order valence-electron chi connectivity index (χ1n) is 9.22. The summed E-state index contributed by atoms with van der Waals surface area (Å²) in [5.74, 6) is 0.750. The maximum absolute atomic E-state index is 5.67. The first-order valence-corrected chi connectivity index (χ1v) is 10.1. The van der Waals surface area contributed by atoms with Crippen LogP contribution in [-0.2, 0) is 17.7 Å². The van der Waals surface area contributed by atoms with Gasteiger partial charge in [0.15, 0.2) is 0 Å². The smallest absolute Gasteiger partial charge is 0.0623 e. The van der Waals surface area contributed by atoms with E-state index in [1.54, 1.807) is 10.4 Å². The Kier molecular flexibility index (Phi) is 6.96. The van der Waals surface area contributed by atoms with Gasteiger partial charge < -0.3 is 15.4 Å². The van der Waals surface area contributed by atoms with Gasteiger partial charge >= 0.3 is 0 Å². The Labute approximate surface area is 155 Å². The molecule has 1 saturated heterocycles. The van der Waals surface area contributed by atoms with E-state index in [0.717, 1.165) is 38.8 Å². The molecule has 2 N–H and O–H groups in total. The summed E-state index contributed by atoms with van der Waals surface area (Å²) in [5.41, 5.74) is 1.56. The Hall–Kier alpha value is -0.170. The van der Waals surface area contributed by atoms with Crippen LogP contribution in [0.1, 0.15) is 29.7 Å². The van der Waals surface area contributed by atoms with Crippen LogP contribution in [0.25, 0.3) is 0 Å². The first-order chi connectivity index (χ1) is 11.4. The molecule has 3 heterocycles. The van der Waals surface area contributed by atoms with E-state index in [1.165, 1.54) is 38.8 Å². The number of halogens is 1. The number of thiophene rings is 1. The van der Waals surface area contributed by atoms with Crippen molar-refractivity contribution in [2.75, 3.05) is 39.4 Å². The van der Waals surface area contributed by atoms with Gasteiger partial charge in [-0.05, 0) is 42.2 Å². The summed E-state index contributed by atoms with van der Waals surface area (Å²) in [6.07, 6.45) is 5.28. The van der Waals surface area contributed by atoms with Gasteiger partial charge in [-0.1, -0.05) is 6.42 Å². The number of nitrogens with zero attached hydrogens (tertiary/aromatic N) is 1. The minimum atomic E-state index is 0. The lowest BCUT2D eigenvalue weighted by atomic mass is 9.94. The predicted molar refractivity (Wildman–Crippen MR) is 102 cm³/mol. The molecule has 24 heavy (non-hydrogen) atoms. The van der Waals surface area contributed by atoms with Crippen LogP contribution in [0.15, 0.2) is 11.4 Å². The summed E-state index contributed by atoms with van der Waals surface area (Å²) in [6.45, 7) is 7.46. The zero-order chi connectivity index (χ0) is 15.5. The molecule has 1 aromatic rings. The fraction of sp³-hybridized carbons (Fsp3) is 0.778. The van der Waals surface area contributed by atoms with Crippen molar-refractivity contribution in [2.24, 2.45) is 5.92 Å². The highest BCUT2D eigenvalue weighted by molar-refractivity contribution is 7.10. The second kappa shape index (κ2) is 8.97. The van der Waals surface area contributed by atoms with E-state index in [0.29, 0.717) is 12.1 Å². The Morgan fingerprint density at radius 3 is 3.21 bits per heavy atom. The Balaban J connectivity index is 0.00000169. The average molecular weight is 372 g/mol. The number of fused-ring (bicyclic) bond motifs is 1. The topological polar surface area (TPSA) is 36.5 Å². The molecular formula is C18H30ClN3OS. The minimum Gasteiger partial charge on any atom is -0.379 e. The van der Waals surface area contributed by atoms with E-state index in [2.05, 4.69) is 27.0 Å². The molecule has 0 spiro atoms. The number of hydrogen-bond donors (Lipinski definition) is 2. The predicted octanol–water partition coefficient (Wildman–Crippen LogP) is 2.27. The number of nitrogens with one attached hydrogen (secondary N) is 2. The van der Waals surface area contributed by atoms with Gasteiger partial charge in [0.05, 0.1) is 13.2 Å². The Bertz CT molecular complexity index is 506. The molecule has 0 bridgehead atoms. The van der Waals surface area contributed by atoms with Crippen LogP contribution >= 0.6 is 23.7 Å². The molecule has 3 aliphatic rings. The van der Waals surface area contributed by atoms with Crippen molar-refractivity contribution >= 4 is 23.7 Å². The third kappa shape index (κ3) is 4.32. The standard InChI is InChI=1S/C18H29N3OS.ClH/c1-2-15(17-13-22-10-7-20-17)16(3-1)19-6-9-21-8-4-18-14(12-21)5-11-23-18;/h5,11,15-17,19-20H,1-4,6-10,12-13H2;1H. The fourth-order valence-electron chi connectivity index (χ4n) is 4.49. The number of hydrogen-bond acceptors (Lipinski definition) is 5. The molecule has 2 fully saturated rings. The van der Waals surface area contributed by atoms with E-state index >= 15 is 0 Å². The van der Waals surface area contributed by atoms with E-state index < -0.39 is 0 Å². The highest BCUT2D eigenvalue weighted by Gasteiger charge is 2.34. The third-order valence-electron chi connectivity index (χ3n) is 5.76. The molecule has 2 aliphatic heterocycles. The Morgan fingerprint density at radius 2 is 2.33 bits per heavy atom. The highest BCUT2D eigenvalue weighted by atomic mass is 35.5. The van der Waals surface area contributed by atoms with E-state index in [4.69, 9.17) is 4.74 Å². The van der Waals surface area contributed by atoms with Crippen LogP contribution in [-0.4, -0.2) is 56.4 Å². The summed E-state index contributed by atoms with van der Waals surface area (Å²) in [7, 11) is 0. The van der Waals surface area contributed by atoms with Gasteiger partial charge in [-0.2, -0.15) is 0 Å². The molecule has 6 heteroatoms. The highest BCUT2D eigenvalue weighted by Crippen LogP contribution is 2.29. The van der Waals surface area contributed by atoms with Crippen LogP contribution in [0, 0.1) is 5.92 Å². The van der Waals surface area contributed by atoms with Crippen LogP contribution in [0.3, 0.4) is 0 Å². The van der Waals surface area contributed by atoms with Crippen molar-refractivity contribution in [2.45, 2.75) is 44.3 Å². The average Bonchev–Trinajstić information content (AvgIpc) is 3.24. The molecule has 4 nitrogen and oxygen atoms in total. The summed E-state index contributed by atoms with van der Waals surface area (Å²) in [6, 6.07) is 3.55. The van der Waals surface area contributed by atoms with Crippen LogP contribution in [0.2, 0.25) is 0 Å². The van der Waals surface area contributed by atoms with Gasteiger partial charge in [0.25, 0.3) is 0 Å². The SMILES string of the molecule is Cl.c1cc2c(s1)CCN(CCNC1CCCC1C1COCCN1)C2.